The van der Waals surface area contributed by atoms with Gasteiger partial charge >= 0.3 is 0 Å². The Labute approximate surface area is 303 Å². The van der Waals surface area contributed by atoms with Crippen molar-refractivity contribution in [3.8, 4) is 10.9 Å². The van der Waals surface area contributed by atoms with Crippen LogP contribution in [0.15, 0.2) is 95.5 Å². The third-order valence-corrected chi connectivity index (χ3v) is 11.0. The maximum atomic E-state index is 14.5. The Morgan fingerprint density at radius 1 is 1.04 bits per heavy atom. The fourth-order valence-electron chi connectivity index (χ4n) is 6.81. The fraction of sp³-hybridized carbons (Fsp3) is 0.368. The number of carbonyl (C=O) groups is 3. The van der Waals surface area contributed by atoms with Crippen LogP contribution in [0.5, 0.6) is 10.9 Å². The second-order valence-electron chi connectivity index (χ2n) is 13.2. The summed E-state index contributed by atoms with van der Waals surface area (Å²) in [4.78, 5) is 54.4. The Hall–Kier alpha value is -4.26. The summed E-state index contributed by atoms with van der Waals surface area (Å²) in [7, 11) is 0. The van der Waals surface area contributed by atoms with E-state index >= 15 is 0 Å². The van der Waals surface area contributed by atoms with Crippen molar-refractivity contribution in [1.29, 1.82) is 0 Å². The number of amides is 3. The number of halogens is 1. The van der Waals surface area contributed by atoms with Crippen LogP contribution in [0.3, 0.4) is 0 Å². The predicted molar refractivity (Wildman–Crippen MR) is 195 cm³/mol. The number of rotatable bonds is 8. The van der Waals surface area contributed by atoms with E-state index in [1.807, 2.05) is 72.8 Å². The van der Waals surface area contributed by atoms with E-state index in [0.29, 0.717) is 30.3 Å². The largest absolute Gasteiger partial charge is 0.465 e. The molecule has 12 heteroatoms. The Morgan fingerprint density at radius 3 is 2.66 bits per heavy atom. The van der Waals surface area contributed by atoms with Crippen LogP contribution < -0.4 is 25.7 Å². The van der Waals surface area contributed by atoms with Crippen LogP contribution in [0, 0.1) is 5.92 Å². The van der Waals surface area contributed by atoms with Gasteiger partial charge in [-0.15, -0.1) is 0 Å². The van der Waals surface area contributed by atoms with Gasteiger partial charge in [0.1, 0.15) is 17.7 Å². The van der Waals surface area contributed by atoms with E-state index in [9.17, 15) is 14.4 Å². The number of hydrogen-bond acceptors (Lipinski definition) is 8. The Balaban J connectivity index is 1.14. The maximum Gasteiger partial charge on any atom is 0.278 e. The second-order valence-corrected chi connectivity index (χ2v) is 15.1. The van der Waals surface area contributed by atoms with Gasteiger partial charge in [0, 0.05) is 23.4 Å². The molecule has 0 spiro atoms. The molecule has 0 unspecified atom stereocenters. The average Bonchev–Trinajstić information content (AvgIpc) is 3.43. The molecule has 1 saturated carbocycles. The van der Waals surface area contributed by atoms with Crippen molar-refractivity contribution in [3.05, 3.63) is 101 Å². The summed E-state index contributed by atoms with van der Waals surface area (Å²) in [5, 5.41) is 7.06. The van der Waals surface area contributed by atoms with E-state index in [1.165, 1.54) is 11.3 Å². The molecule has 3 heterocycles. The van der Waals surface area contributed by atoms with Crippen LogP contribution in [0.4, 0.5) is 0 Å². The normalized spacial score (nSPS) is 26.1. The zero-order valence-electron chi connectivity index (χ0n) is 27.6. The van der Waals surface area contributed by atoms with Crippen molar-refractivity contribution in [2.45, 2.75) is 75.2 Å². The molecule has 4 aromatic rings. The zero-order chi connectivity index (χ0) is 34.5. The highest BCUT2D eigenvalue weighted by Crippen LogP contribution is 2.45. The number of hydroxylamine groups is 1. The summed E-state index contributed by atoms with van der Waals surface area (Å²) in [5.41, 5.74) is 3.27. The predicted octanol–water partition coefficient (Wildman–Crippen LogP) is 6.07. The van der Waals surface area contributed by atoms with Crippen molar-refractivity contribution in [2.24, 2.45) is 5.92 Å². The number of benzene rings is 3. The number of aromatic nitrogens is 1. The number of nitrogens with one attached hydrogen (secondary N) is 3. The van der Waals surface area contributed by atoms with Crippen LogP contribution >= 0.6 is 27.3 Å². The molecule has 0 radical (unpaired) electrons. The van der Waals surface area contributed by atoms with E-state index in [4.69, 9.17) is 9.57 Å². The standard InChI is InChI=1S/C38H40BrN5O5S/c39-27-18-19-30-33(20-27)50-37(41-30)48-29-21-32-34(45)42-38(36(47)43-49-28-15-9-5-10-16-28)22-26(38)14-8-2-1-3-11-17-31(35(46)44(32)24-29)40-23-25-12-6-4-7-13-25/h4-10,12-16,18-20,26,29,31-32,40H,1-3,11,17,21-24H2,(H,42,45)(H,43,47)/b14-8-/t26-,29+,31-,32-,38+/m0/s1. The molecule has 1 saturated heterocycles. The second kappa shape index (κ2) is 15.3. The summed E-state index contributed by atoms with van der Waals surface area (Å²) in [5.74, 6) is -0.680. The summed E-state index contributed by atoms with van der Waals surface area (Å²) in [6.45, 7) is 0.748. The first kappa shape index (κ1) is 34.2. The highest BCUT2D eigenvalue weighted by molar-refractivity contribution is 9.10. The third-order valence-electron chi connectivity index (χ3n) is 9.64. The molecule has 7 rings (SSSR count). The van der Waals surface area contributed by atoms with Gasteiger partial charge in [-0.2, -0.15) is 5.48 Å². The van der Waals surface area contributed by atoms with Gasteiger partial charge in [-0.25, -0.2) is 4.98 Å². The minimum Gasteiger partial charge on any atom is -0.465 e. The Bertz CT molecular complexity index is 1860. The molecule has 1 aliphatic carbocycles. The van der Waals surface area contributed by atoms with Crippen LogP contribution in [0.25, 0.3) is 10.2 Å². The first-order valence-electron chi connectivity index (χ1n) is 17.2. The molecular weight excluding hydrogens is 718 g/mol. The van der Waals surface area contributed by atoms with Crippen molar-refractivity contribution >= 4 is 55.2 Å². The molecule has 0 bridgehead atoms. The number of nitrogens with zero attached hydrogens (tertiary/aromatic N) is 2. The average molecular weight is 759 g/mol. The fourth-order valence-corrected chi connectivity index (χ4v) is 8.25. The quantitative estimate of drug-likeness (QED) is 0.147. The number of allylic oxidation sites excluding steroid dienone is 1. The van der Waals surface area contributed by atoms with E-state index < -0.39 is 29.6 Å². The number of hydrogen-bond donors (Lipinski definition) is 3. The van der Waals surface area contributed by atoms with Crippen LogP contribution in [-0.2, 0) is 20.9 Å². The van der Waals surface area contributed by atoms with Crippen molar-refractivity contribution in [2.75, 3.05) is 6.54 Å². The van der Waals surface area contributed by atoms with Crippen LogP contribution in [0.1, 0.15) is 50.5 Å². The van der Waals surface area contributed by atoms with Crippen molar-refractivity contribution < 1.29 is 24.0 Å². The number of para-hydroxylation sites is 1. The number of fused-ring (bicyclic) bond motifs is 3. The third kappa shape index (κ3) is 7.87. The van der Waals surface area contributed by atoms with E-state index in [1.54, 1.807) is 17.0 Å². The lowest BCUT2D eigenvalue weighted by Gasteiger charge is -2.30. The van der Waals surface area contributed by atoms with E-state index in [-0.39, 0.29) is 30.7 Å². The summed E-state index contributed by atoms with van der Waals surface area (Å²) in [6, 6.07) is 23.5. The SMILES string of the molecule is O=C1N[C@]2(C(=O)NOc3ccccc3)C[C@@H]2/C=C\CCCCC[C@H](NCc2ccccc2)C(=O)N2C[C@H](Oc3nc4ccc(Br)cc4s3)C[C@@H]12. The Morgan fingerprint density at radius 2 is 1.84 bits per heavy atom. The van der Waals surface area contributed by atoms with E-state index in [2.05, 4.69) is 43.1 Å². The molecule has 5 atom stereocenters. The lowest BCUT2D eigenvalue weighted by atomic mass is 10.0. The molecule has 50 heavy (non-hydrogen) atoms. The summed E-state index contributed by atoms with van der Waals surface area (Å²) < 4.78 is 8.31. The molecule has 3 aliphatic rings. The van der Waals surface area contributed by atoms with Gasteiger partial charge in [-0.3, -0.25) is 14.4 Å². The molecule has 3 amide bonds. The van der Waals surface area contributed by atoms with E-state index in [0.717, 1.165) is 45.9 Å². The minimum atomic E-state index is -1.19. The summed E-state index contributed by atoms with van der Waals surface area (Å²) in [6.07, 6.45) is 8.65. The number of carbonyl (C=O) groups excluding carboxylic acids is 3. The van der Waals surface area contributed by atoms with Crippen LogP contribution in [0.2, 0.25) is 0 Å². The first-order chi connectivity index (χ1) is 24.4. The topological polar surface area (TPSA) is 122 Å². The van der Waals surface area contributed by atoms with Gasteiger partial charge in [-0.05, 0) is 61.6 Å². The highest BCUT2D eigenvalue weighted by atomic mass is 79.9. The van der Waals surface area contributed by atoms with Gasteiger partial charge in [-0.1, -0.05) is 101 Å². The summed E-state index contributed by atoms with van der Waals surface area (Å²) >= 11 is 4.94. The van der Waals surface area contributed by atoms with Crippen LogP contribution in [-0.4, -0.2) is 57.9 Å². The zero-order valence-corrected chi connectivity index (χ0v) is 30.0. The minimum absolute atomic E-state index is 0.147. The molecule has 3 aromatic carbocycles. The monoisotopic (exact) mass is 757 g/mol. The molecule has 3 N–H and O–H groups in total. The number of ether oxygens (including phenoxy) is 1. The molecule has 1 aromatic heterocycles. The first-order valence-corrected chi connectivity index (χ1v) is 18.8. The van der Waals surface area contributed by atoms with Gasteiger partial charge in [0.05, 0.1) is 22.8 Å². The van der Waals surface area contributed by atoms with Crippen molar-refractivity contribution in [3.63, 3.8) is 0 Å². The maximum absolute atomic E-state index is 14.5. The molecule has 2 aliphatic heterocycles. The lowest BCUT2D eigenvalue weighted by Crippen LogP contribution is -2.57. The Kier molecular flexibility index (Phi) is 10.5. The molecule has 260 valence electrons. The highest BCUT2D eigenvalue weighted by Gasteiger charge is 2.61. The lowest BCUT2D eigenvalue weighted by molar-refractivity contribution is -0.142. The smallest absolute Gasteiger partial charge is 0.278 e. The molecule has 10 nitrogen and oxygen atoms in total. The molecule has 2 fully saturated rings. The van der Waals surface area contributed by atoms with Gasteiger partial charge in [0.15, 0.2) is 5.75 Å². The van der Waals surface area contributed by atoms with Gasteiger partial charge in [0.25, 0.3) is 11.1 Å². The van der Waals surface area contributed by atoms with Gasteiger partial charge < -0.3 is 25.1 Å². The molecular formula is C38H40BrN5O5S. The number of thiazole rings is 1. The van der Waals surface area contributed by atoms with Crippen molar-refractivity contribution in [1.82, 2.24) is 26.0 Å². The van der Waals surface area contributed by atoms with Gasteiger partial charge in [0.2, 0.25) is 11.8 Å².